The summed E-state index contributed by atoms with van der Waals surface area (Å²) in [6, 6.07) is 12.5. The van der Waals surface area contributed by atoms with Crippen LogP contribution in [0.15, 0.2) is 82.6 Å². The number of hydrogen-bond acceptors (Lipinski definition) is 11. The van der Waals surface area contributed by atoms with E-state index in [1.54, 1.807) is 41.3 Å². The summed E-state index contributed by atoms with van der Waals surface area (Å²) < 4.78 is 63.4. The number of halogens is 5. The average Bonchev–Trinajstić information content (AvgIpc) is 3.92. The molecular weight excluding hydrogens is 772 g/mol. The van der Waals surface area contributed by atoms with Crippen LogP contribution in [-0.4, -0.2) is 62.8 Å². The normalized spacial score (nSPS) is 12.2. The Morgan fingerprint density at radius 2 is 1.30 bits per heavy atom. The number of ketones is 2. The van der Waals surface area contributed by atoms with Gasteiger partial charge in [-0.25, -0.2) is 36.9 Å². The predicted molar refractivity (Wildman–Crippen MR) is 196 cm³/mol. The van der Waals surface area contributed by atoms with E-state index >= 15 is 0 Å². The molecule has 1 N–H and O–H groups in total. The van der Waals surface area contributed by atoms with Crippen molar-refractivity contribution in [3.05, 3.63) is 157 Å². The van der Waals surface area contributed by atoms with Gasteiger partial charge in [-0.3, -0.25) is 14.4 Å². The van der Waals surface area contributed by atoms with Crippen molar-refractivity contribution in [2.45, 2.75) is 39.7 Å². The SMILES string of the molecule is CC(=O)c1cn(-c2ncc(F)c(Cl)n2)nc1Cc1ccccc1F.CC(=O)c1cn(-c2ncc(F)c(N3CCc4c(o[nH]c4=O)C3)n2)nc1Cc1ccccc1F. The smallest absolute Gasteiger partial charge is 0.283 e. The van der Waals surface area contributed by atoms with Crippen LogP contribution in [0.2, 0.25) is 5.15 Å². The molecule has 5 aromatic heterocycles. The minimum atomic E-state index is -0.758. The second kappa shape index (κ2) is 16.1. The van der Waals surface area contributed by atoms with Gasteiger partial charge < -0.3 is 9.42 Å². The van der Waals surface area contributed by atoms with Crippen LogP contribution in [0, 0.1) is 23.3 Å². The van der Waals surface area contributed by atoms with E-state index in [4.69, 9.17) is 16.1 Å². The summed E-state index contributed by atoms with van der Waals surface area (Å²) in [5.41, 5.74) is 2.38. The maximum atomic E-state index is 14.6. The molecule has 0 spiro atoms. The first-order chi connectivity index (χ1) is 27.4. The average molecular weight is 801 g/mol. The number of aromatic nitrogens is 9. The molecule has 0 radical (unpaired) electrons. The summed E-state index contributed by atoms with van der Waals surface area (Å²) in [4.78, 5) is 53.3. The molecule has 2 aromatic carbocycles. The Kier molecular flexibility index (Phi) is 10.9. The zero-order valence-electron chi connectivity index (χ0n) is 30.0. The predicted octanol–water partition coefficient (Wildman–Crippen LogP) is 5.97. The zero-order valence-corrected chi connectivity index (χ0v) is 30.8. The molecule has 1 aliphatic rings. The van der Waals surface area contributed by atoms with E-state index in [0.717, 1.165) is 12.4 Å². The Balaban J connectivity index is 0.000000183. The van der Waals surface area contributed by atoms with Crippen molar-refractivity contribution in [1.82, 2.24) is 44.7 Å². The van der Waals surface area contributed by atoms with Gasteiger partial charge in [0.15, 0.2) is 39.9 Å². The van der Waals surface area contributed by atoms with Crippen molar-refractivity contribution in [2.24, 2.45) is 0 Å². The quantitative estimate of drug-likeness (QED) is 0.104. The second-order valence-corrected chi connectivity index (χ2v) is 13.1. The summed E-state index contributed by atoms with van der Waals surface area (Å²) in [5, 5.41) is 10.6. The molecule has 290 valence electrons. The lowest BCUT2D eigenvalue weighted by Crippen LogP contribution is -2.33. The second-order valence-electron chi connectivity index (χ2n) is 12.8. The lowest BCUT2D eigenvalue weighted by molar-refractivity contribution is 0.100. The first kappa shape index (κ1) is 38.5. The minimum absolute atomic E-state index is 0.0173. The Morgan fingerprint density at radius 3 is 1.82 bits per heavy atom. The number of carbonyl (C=O) groups is 2. The molecule has 6 heterocycles. The molecule has 1 aliphatic heterocycles. The van der Waals surface area contributed by atoms with Crippen LogP contribution >= 0.6 is 11.6 Å². The van der Waals surface area contributed by atoms with Crippen molar-refractivity contribution in [3.63, 3.8) is 0 Å². The van der Waals surface area contributed by atoms with E-state index < -0.39 is 17.5 Å². The third-order valence-corrected chi connectivity index (χ3v) is 9.19. The van der Waals surface area contributed by atoms with Crippen LogP contribution in [0.25, 0.3) is 11.9 Å². The zero-order chi connectivity index (χ0) is 40.4. The molecule has 0 saturated heterocycles. The highest BCUT2D eigenvalue weighted by Gasteiger charge is 2.27. The number of nitrogens with zero attached hydrogens (tertiary/aromatic N) is 9. The summed E-state index contributed by atoms with van der Waals surface area (Å²) >= 11 is 5.64. The van der Waals surface area contributed by atoms with Crippen molar-refractivity contribution in [1.29, 1.82) is 0 Å². The van der Waals surface area contributed by atoms with Gasteiger partial charge in [0.05, 0.1) is 47.0 Å². The number of aromatic amines is 1. The van der Waals surface area contributed by atoms with E-state index in [9.17, 15) is 31.9 Å². The van der Waals surface area contributed by atoms with Crippen molar-refractivity contribution in [2.75, 3.05) is 11.4 Å². The number of H-pyrrole nitrogens is 1. The topological polar surface area (TPSA) is 171 Å². The van der Waals surface area contributed by atoms with Gasteiger partial charge in [-0.1, -0.05) is 48.0 Å². The minimum Gasteiger partial charge on any atom is -0.381 e. The number of Topliss-reactive ketones (excluding diaryl/α,β-unsaturated/α-hetero) is 2. The molecule has 8 rings (SSSR count). The lowest BCUT2D eigenvalue weighted by atomic mass is 10.0. The first-order valence-corrected chi connectivity index (χ1v) is 17.5. The summed E-state index contributed by atoms with van der Waals surface area (Å²) in [5.74, 6) is -2.16. The van der Waals surface area contributed by atoms with Gasteiger partial charge in [-0.15, -0.1) is 0 Å². The van der Waals surface area contributed by atoms with Crippen LogP contribution in [0.5, 0.6) is 0 Å². The Labute approximate surface area is 324 Å². The summed E-state index contributed by atoms with van der Waals surface area (Å²) in [6.45, 7) is 3.29. The maximum Gasteiger partial charge on any atom is 0.283 e. The largest absolute Gasteiger partial charge is 0.381 e. The van der Waals surface area contributed by atoms with E-state index in [-0.39, 0.29) is 65.2 Å². The van der Waals surface area contributed by atoms with Crippen LogP contribution < -0.4 is 10.5 Å². The Hall–Kier alpha value is -6.82. The first-order valence-electron chi connectivity index (χ1n) is 17.2. The number of anilines is 1. The van der Waals surface area contributed by atoms with Crippen LogP contribution in [0.4, 0.5) is 23.4 Å². The molecule has 0 amide bonds. The molecular formula is C38H29ClF4N10O4. The summed E-state index contributed by atoms with van der Waals surface area (Å²) in [7, 11) is 0. The molecule has 0 unspecified atom stereocenters. The van der Waals surface area contributed by atoms with Crippen molar-refractivity contribution >= 4 is 29.0 Å². The number of hydrogen-bond donors (Lipinski definition) is 1. The number of nitrogens with one attached hydrogen (secondary N) is 1. The van der Waals surface area contributed by atoms with Crippen LogP contribution in [0.1, 0.15) is 68.4 Å². The standard InChI is InChI=1S/C22H18F2N6O3.C16H11ClF2N4O/c1-12(31)15-10-30(27-18(15)8-13-4-2-3-5-16(13)23)22-25-9-17(24)20(26-22)29-7-6-14-19(11-29)33-28-21(14)32;1-9(24)11-8-23(16-20-7-13(19)15(17)21-16)22-14(11)6-10-4-2-3-5-12(10)18/h2-5,9-10H,6-8,11H2,1H3,(H,28,32);2-5,7-8H,6H2,1H3. The molecule has 57 heavy (non-hydrogen) atoms. The molecule has 0 atom stereocenters. The van der Waals surface area contributed by atoms with Crippen LogP contribution in [-0.2, 0) is 25.8 Å². The van der Waals surface area contributed by atoms with E-state index in [1.807, 2.05) is 0 Å². The fourth-order valence-corrected chi connectivity index (χ4v) is 6.19. The van der Waals surface area contributed by atoms with Gasteiger partial charge >= 0.3 is 0 Å². The molecule has 14 nitrogen and oxygen atoms in total. The molecule has 0 saturated carbocycles. The number of benzene rings is 2. The van der Waals surface area contributed by atoms with Gasteiger partial charge in [-0.2, -0.15) is 25.3 Å². The number of carbonyl (C=O) groups excluding carboxylic acids is 2. The lowest BCUT2D eigenvalue weighted by Gasteiger charge is -2.26. The molecule has 0 fully saturated rings. The molecule has 0 bridgehead atoms. The summed E-state index contributed by atoms with van der Waals surface area (Å²) in [6.07, 6.45) is 5.41. The molecule has 7 aromatic rings. The van der Waals surface area contributed by atoms with E-state index in [1.165, 1.54) is 47.7 Å². The van der Waals surface area contributed by atoms with Crippen molar-refractivity contribution in [3.8, 4) is 11.9 Å². The van der Waals surface area contributed by atoms with Gasteiger partial charge in [0.2, 0.25) is 0 Å². The van der Waals surface area contributed by atoms with Gasteiger partial charge in [-0.05, 0) is 43.5 Å². The molecule has 19 heteroatoms. The molecule has 0 aliphatic carbocycles. The van der Waals surface area contributed by atoms with Gasteiger partial charge in [0, 0.05) is 31.8 Å². The number of fused-ring (bicyclic) bond motifs is 1. The van der Waals surface area contributed by atoms with Gasteiger partial charge in [0.1, 0.15) is 11.6 Å². The fourth-order valence-electron chi connectivity index (χ4n) is 6.07. The Bertz CT molecular complexity index is 2710. The van der Waals surface area contributed by atoms with Gasteiger partial charge in [0.25, 0.3) is 17.5 Å². The highest BCUT2D eigenvalue weighted by molar-refractivity contribution is 6.29. The van der Waals surface area contributed by atoms with Crippen molar-refractivity contribution < 1.29 is 31.7 Å². The highest BCUT2D eigenvalue weighted by atomic mass is 35.5. The van der Waals surface area contributed by atoms with Crippen LogP contribution in [0.3, 0.4) is 0 Å². The maximum absolute atomic E-state index is 14.6. The highest BCUT2D eigenvalue weighted by Crippen LogP contribution is 2.25. The monoisotopic (exact) mass is 800 g/mol. The fraction of sp³-hybridized carbons (Fsp3) is 0.184. The Morgan fingerprint density at radius 1 is 0.772 bits per heavy atom. The number of rotatable bonds is 9. The van der Waals surface area contributed by atoms with E-state index in [2.05, 4.69) is 35.3 Å². The van der Waals surface area contributed by atoms with E-state index in [0.29, 0.717) is 57.9 Å². The third kappa shape index (κ3) is 8.25. The third-order valence-electron chi connectivity index (χ3n) is 8.93.